The lowest BCUT2D eigenvalue weighted by Crippen LogP contribution is -2.67. The average molecular weight is 517 g/mol. The van der Waals surface area contributed by atoms with E-state index in [1.54, 1.807) is 0 Å². The minimum absolute atomic E-state index is 0.00661. The predicted molar refractivity (Wildman–Crippen MR) is 144 cm³/mol. The number of carbonyl (C=O) groups is 1. The van der Waals surface area contributed by atoms with Crippen molar-refractivity contribution >= 4 is 5.97 Å². The third-order valence-corrected chi connectivity index (χ3v) is 14.0. The molecular formula is C32H52O5. The van der Waals surface area contributed by atoms with Gasteiger partial charge in [0.05, 0.1) is 25.9 Å². The van der Waals surface area contributed by atoms with E-state index in [1.165, 1.54) is 19.8 Å². The van der Waals surface area contributed by atoms with E-state index in [2.05, 4.69) is 34.3 Å². The molecule has 37 heavy (non-hydrogen) atoms. The van der Waals surface area contributed by atoms with Crippen LogP contribution in [0, 0.1) is 56.7 Å². The second kappa shape index (κ2) is 9.06. The van der Waals surface area contributed by atoms with Crippen LogP contribution in [-0.2, 0) is 9.53 Å². The summed E-state index contributed by atoms with van der Waals surface area (Å²) in [7, 11) is 0. The summed E-state index contributed by atoms with van der Waals surface area (Å²) in [5.41, 5.74) is 0.996. The van der Waals surface area contributed by atoms with E-state index < -0.39 is 11.5 Å². The van der Waals surface area contributed by atoms with Crippen LogP contribution < -0.4 is 0 Å². The Kier molecular flexibility index (Phi) is 6.77. The van der Waals surface area contributed by atoms with Gasteiger partial charge in [0.2, 0.25) is 0 Å². The first-order chi connectivity index (χ1) is 17.3. The maximum absolute atomic E-state index is 11.9. The fraction of sp³-hybridized carbons (Fsp3) is 0.906. The molecule has 5 unspecified atom stereocenters. The van der Waals surface area contributed by atoms with Crippen molar-refractivity contribution < 1.29 is 24.9 Å². The molecule has 0 aromatic rings. The number of aliphatic hydroxyl groups is 3. The lowest BCUT2D eigenvalue weighted by molar-refractivity contribution is -0.255. The molecule has 0 heterocycles. The molecule has 0 amide bonds. The highest BCUT2D eigenvalue weighted by Gasteiger charge is 2.71. The first-order valence-corrected chi connectivity index (χ1v) is 15.0. The molecule has 5 saturated carbocycles. The third-order valence-electron chi connectivity index (χ3n) is 14.0. The van der Waals surface area contributed by atoms with Crippen LogP contribution in [0.3, 0.4) is 0 Å². The van der Waals surface area contributed by atoms with E-state index in [0.29, 0.717) is 36.2 Å². The predicted octanol–water partition coefficient (Wildman–Crippen LogP) is 5.51. The number of aliphatic hydroxyl groups excluding tert-OH is 3. The quantitative estimate of drug-likeness (QED) is 0.331. The van der Waals surface area contributed by atoms with Crippen molar-refractivity contribution in [1.29, 1.82) is 0 Å². The van der Waals surface area contributed by atoms with Crippen molar-refractivity contribution in [2.75, 3.05) is 19.8 Å². The van der Waals surface area contributed by atoms with Gasteiger partial charge in [0.25, 0.3) is 0 Å². The summed E-state index contributed by atoms with van der Waals surface area (Å²) in [6.07, 6.45) is 10.3. The Labute approximate surface area is 224 Å². The number of ether oxygens (including phenoxy) is 1. The molecule has 0 aromatic carbocycles. The first kappa shape index (κ1) is 27.6. The van der Waals surface area contributed by atoms with Crippen LogP contribution in [0.4, 0.5) is 0 Å². The molecule has 210 valence electrons. The summed E-state index contributed by atoms with van der Waals surface area (Å²) in [5, 5.41) is 31.6. The molecule has 5 nitrogen and oxygen atoms in total. The Bertz CT molecular complexity index is 932. The number of hydrogen-bond donors (Lipinski definition) is 3. The Hall–Kier alpha value is -0.910. The second-order valence-corrected chi connectivity index (χ2v) is 15.0. The Morgan fingerprint density at radius 2 is 1.62 bits per heavy atom. The molecule has 0 aromatic heterocycles. The molecule has 3 N–H and O–H groups in total. The van der Waals surface area contributed by atoms with Gasteiger partial charge in [0, 0.05) is 17.8 Å². The summed E-state index contributed by atoms with van der Waals surface area (Å²) >= 11 is 0. The second-order valence-electron chi connectivity index (χ2n) is 15.0. The highest BCUT2D eigenvalue weighted by Crippen LogP contribution is 2.77. The lowest BCUT2D eigenvalue weighted by Gasteiger charge is -2.73. The monoisotopic (exact) mass is 516 g/mol. The van der Waals surface area contributed by atoms with Gasteiger partial charge in [-0.3, -0.25) is 4.79 Å². The van der Waals surface area contributed by atoms with E-state index >= 15 is 0 Å². The van der Waals surface area contributed by atoms with Crippen molar-refractivity contribution in [1.82, 2.24) is 0 Å². The number of carbonyl (C=O) groups excluding carboxylic acids is 1. The number of rotatable bonds is 5. The van der Waals surface area contributed by atoms with Gasteiger partial charge in [0.15, 0.2) is 0 Å². The number of esters is 1. The standard InChI is InChI=1S/C32H52O5/c1-20(17-33)22-9-14-32(19-37-21(2)35)16-15-30(5)23(27(22)32)7-8-25-28(3)12-11-26(36)29(4,18-34)24(28)10-13-31(25,30)6/h22-27,33-34,36H,1,7-19H2,2-6H3/t22?,23?,24?,25?,26-,27?,28-,29-,30+,31+,32+/m0/s1. The zero-order valence-electron chi connectivity index (χ0n) is 24.0. The summed E-state index contributed by atoms with van der Waals surface area (Å²) in [6, 6.07) is 0. The molecule has 5 heteroatoms. The first-order valence-electron chi connectivity index (χ1n) is 15.0. The van der Waals surface area contributed by atoms with E-state index in [1.807, 2.05) is 0 Å². The van der Waals surface area contributed by atoms with Crippen molar-refractivity contribution in [3.63, 3.8) is 0 Å². The van der Waals surface area contributed by atoms with Gasteiger partial charge in [-0.15, -0.1) is 0 Å². The Balaban J connectivity index is 1.53. The smallest absolute Gasteiger partial charge is 0.302 e. The highest BCUT2D eigenvalue weighted by molar-refractivity contribution is 5.65. The minimum Gasteiger partial charge on any atom is -0.465 e. The van der Waals surface area contributed by atoms with Crippen LogP contribution in [0.5, 0.6) is 0 Å². The lowest BCUT2D eigenvalue weighted by atomic mass is 9.32. The van der Waals surface area contributed by atoms with Gasteiger partial charge in [-0.05, 0) is 116 Å². The zero-order chi connectivity index (χ0) is 27.0. The minimum atomic E-state index is -0.424. The topological polar surface area (TPSA) is 87.0 Å². The van der Waals surface area contributed by atoms with Crippen molar-refractivity contribution in [2.45, 2.75) is 105 Å². The SMILES string of the molecule is C=C(CO)C1CC[C@]2(COC(C)=O)CC[C@]3(C)C(CCC4[C@@]5(C)CC[C@H](O)[C@@](C)(CO)C5CC[C@]43C)C12. The molecule has 0 radical (unpaired) electrons. The molecule has 0 spiro atoms. The fourth-order valence-corrected chi connectivity index (χ4v) is 11.8. The molecule has 5 aliphatic rings. The van der Waals surface area contributed by atoms with Crippen LogP contribution in [0.1, 0.15) is 98.8 Å². The third kappa shape index (κ3) is 3.62. The highest BCUT2D eigenvalue weighted by atomic mass is 16.5. The van der Waals surface area contributed by atoms with Gasteiger partial charge in [-0.25, -0.2) is 0 Å². The van der Waals surface area contributed by atoms with E-state index in [-0.39, 0.29) is 40.8 Å². The van der Waals surface area contributed by atoms with Crippen LogP contribution in [0.25, 0.3) is 0 Å². The Morgan fingerprint density at radius 3 is 2.27 bits per heavy atom. The average Bonchev–Trinajstić information content (AvgIpc) is 3.25. The van der Waals surface area contributed by atoms with Crippen LogP contribution in [0.15, 0.2) is 12.2 Å². The Morgan fingerprint density at radius 1 is 0.892 bits per heavy atom. The summed E-state index contributed by atoms with van der Waals surface area (Å²) < 4.78 is 5.75. The summed E-state index contributed by atoms with van der Waals surface area (Å²) in [5.74, 6) is 1.92. The molecule has 11 atom stereocenters. The van der Waals surface area contributed by atoms with Gasteiger partial charge in [-0.2, -0.15) is 0 Å². The van der Waals surface area contributed by atoms with Crippen molar-refractivity contribution in [3.8, 4) is 0 Å². The summed E-state index contributed by atoms with van der Waals surface area (Å²) in [6.45, 7) is 16.2. The van der Waals surface area contributed by atoms with Crippen molar-refractivity contribution in [2.24, 2.45) is 56.7 Å². The molecule has 0 aliphatic heterocycles. The van der Waals surface area contributed by atoms with Gasteiger partial charge >= 0.3 is 5.97 Å². The van der Waals surface area contributed by atoms with Crippen LogP contribution in [0.2, 0.25) is 0 Å². The van der Waals surface area contributed by atoms with E-state index in [0.717, 1.165) is 56.9 Å². The van der Waals surface area contributed by atoms with Gasteiger partial charge < -0.3 is 20.1 Å². The van der Waals surface area contributed by atoms with Crippen LogP contribution in [-0.4, -0.2) is 47.2 Å². The number of fused-ring (bicyclic) bond motifs is 7. The molecule has 5 rings (SSSR count). The molecule has 5 aliphatic carbocycles. The van der Waals surface area contributed by atoms with E-state index in [9.17, 15) is 20.1 Å². The fourth-order valence-electron chi connectivity index (χ4n) is 11.8. The zero-order valence-corrected chi connectivity index (χ0v) is 24.0. The van der Waals surface area contributed by atoms with Crippen LogP contribution >= 0.6 is 0 Å². The molecule has 0 saturated heterocycles. The normalized spacial score (nSPS) is 52.9. The van der Waals surface area contributed by atoms with Gasteiger partial charge in [-0.1, -0.05) is 34.3 Å². The van der Waals surface area contributed by atoms with Gasteiger partial charge in [0.1, 0.15) is 0 Å². The maximum atomic E-state index is 11.9. The van der Waals surface area contributed by atoms with Crippen molar-refractivity contribution in [3.05, 3.63) is 12.2 Å². The summed E-state index contributed by atoms with van der Waals surface area (Å²) in [4.78, 5) is 11.9. The maximum Gasteiger partial charge on any atom is 0.302 e. The molecular weight excluding hydrogens is 464 g/mol. The molecule has 5 fully saturated rings. The number of hydrogen-bond acceptors (Lipinski definition) is 5. The van der Waals surface area contributed by atoms with E-state index in [4.69, 9.17) is 4.74 Å². The largest absolute Gasteiger partial charge is 0.465 e. The molecule has 0 bridgehead atoms.